The van der Waals surface area contributed by atoms with Gasteiger partial charge in [0.25, 0.3) is 0 Å². The van der Waals surface area contributed by atoms with Gasteiger partial charge in [-0.15, -0.1) is 0 Å². The van der Waals surface area contributed by atoms with Crippen molar-refractivity contribution in [3.8, 4) is 11.8 Å². The van der Waals surface area contributed by atoms with Gasteiger partial charge in [-0.1, -0.05) is 19.3 Å². The Morgan fingerprint density at radius 3 is 2.82 bits per heavy atom. The fraction of sp³-hybridized carbons (Fsp3) is 0.778. The summed E-state index contributed by atoms with van der Waals surface area (Å²) >= 11 is 0. The number of hydrogen-bond acceptors (Lipinski definition) is 0. The van der Waals surface area contributed by atoms with Crippen LogP contribution in [0.4, 0.5) is 8.78 Å². The van der Waals surface area contributed by atoms with Gasteiger partial charge in [0.1, 0.15) is 0 Å². The van der Waals surface area contributed by atoms with Gasteiger partial charge in [-0.05, 0) is 18.8 Å². The number of halogens is 2. The molecule has 0 nitrogen and oxygen atoms in total. The van der Waals surface area contributed by atoms with Gasteiger partial charge in [-0.2, -0.15) is 8.78 Å². The van der Waals surface area contributed by atoms with E-state index in [0.29, 0.717) is 12.8 Å². The fourth-order valence-corrected chi connectivity index (χ4v) is 1.15. The molecule has 1 aliphatic rings. The smallest absolute Gasteiger partial charge is 0.192 e. The second-order valence-electron chi connectivity index (χ2n) is 3.07. The molecule has 0 saturated heterocycles. The summed E-state index contributed by atoms with van der Waals surface area (Å²) in [6.45, 7) is 1.57. The lowest BCUT2D eigenvalue weighted by Gasteiger charge is -2.19. The Hall–Kier alpha value is -0.580. The molecule has 0 bridgehead atoms. The Balaban J connectivity index is 2.71. The lowest BCUT2D eigenvalue weighted by atomic mass is 9.95. The molecule has 0 spiro atoms. The first kappa shape index (κ1) is 8.52. The summed E-state index contributed by atoms with van der Waals surface area (Å²) in [6.07, 6.45) is 3.07. The first-order valence-corrected chi connectivity index (χ1v) is 4.01. The summed E-state index contributed by atoms with van der Waals surface area (Å²) in [4.78, 5) is 0. The van der Waals surface area contributed by atoms with Gasteiger partial charge in [-0.3, -0.25) is 0 Å². The van der Waals surface area contributed by atoms with Crippen LogP contribution in [0.15, 0.2) is 0 Å². The van der Waals surface area contributed by atoms with E-state index < -0.39 is 11.8 Å². The summed E-state index contributed by atoms with van der Waals surface area (Å²) in [7, 11) is 0. The molecule has 0 aromatic carbocycles. The quantitative estimate of drug-likeness (QED) is 0.475. The van der Waals surface area contributed by atoms with Crippen molar-refractivity contribution in [3.05, 3.63) is 0 Å². The maximum absolute atomic E-state index is 12.9. The van der Waals surface area contributed by atoms with Crippen LogP contribution in [0, 0.1) is 17.8 Å². The molecule has 1 atom stereocenters. The van der Waals surface area contributed by atoms with Crippen LogP contribution in [0.5, 0.6) is 0 Å². The van der Waals surface area contributed by atoms with Gasteiger partial charge < -0.3 is 0 Å². The first-order valence-electron chi connectivity index (χ1n) is 4.01. The Kier molecular flexibility index (Phi) is 2.49. The topological polar surface area (TPSA) is 0 Å². The van der Waals surface area contributed by atoms with Crippen molar-refractivity contribution in [2.24, 2.45) is 5.92 Å². The molecule has 62 valence electrons. The summed E-state index contributed by atoms with van der Waals surface area (Å²) in [5.41, 5.74) is 0. The summed E-state index contributed by atoms with van der Waals surface area (Å²) in [5, 5.41) is 0. The molecule has 1 rings (SSSR count). The van der Waals surface area contributed by atoms with E-state index in [2.05, 4.69) is 5.92 Å². The highest BCUT2D eigenvalue weighted by Crippen LogP contribution is 2.29. The predicted octanol–water partition coefficient (Wildman–Crippen LogP) is 2.84. The maximum Gasteiger partial charge on any atom is 0.310 e. The van der Waals surface area contributed by atoms with Crippen LogP contribution in [-0.2, 0) is 0 Å². The molecule has 0 aliphatic heterocycles. The normalized spacial score (nSPS) is 29.5. The molecule has 11 heavy (non-hydrogen) atoms. The Labute approximate surface area is 66.0 Å². The molecule has 0 saturated carbocycles. The minimum absolute atomic E-state index is 0.574. The average molecular weight is 158 g/mol. The number of rotatable bonds is 0. The summed E-state index contributed by atoms with van der Waals surface area (Å²) < 4.78 is 25.7. The lowest BCUT2D eigenvalue weighted by Crippen LogP contribution is -2.24. The van der Waals surface area contributed by atoms with E-state index in [0.717, 1.165) is 12.8 Å². The van der Waals surface area contributed by atoms with Gasteiger partial charge in [-0.25, -0.2) is 0 Å². The van der Waals surface area contributed by atoms with Gasteiger partial charge in [0.05, 0.1) is 0 Å². The van der Waals surface area contributed by atoms with Gasteiger partial charge in [0, 0.05) is 12.3 Å². The Morgan fingerprint density at radius 2 is 2.09 bits per heavy atom. The van der Waals surface area contributed by atoms with Crippen molar-refractivity contribution in [1.82, 2.24) is 0 Å². The molecular weight excluding hydrogens is 146 g/mol. The van der Waals surface area contributed by atoms with E-state index in [9.17, 15) is 8.78 Å². The van der Waals surface area contributed by atoms with Crippen molar-refractivity contribution < 1.29 is 8.78 Å². The van der Waals surface area contributed by atoms with Crippen molar-refractivity contribution in [1.29, 1.82) is 0 Å². The zero-order valence-corrected chi connectivity index (χ0v) is 6.66. The van der Waals surface area contributed by atoms with E-state index >= 15 is 0 Å². The van der Waals surface area contributed by atoms with Crippen LogP contribution in [-0.4, -0.2) is 5.92 Å². The third-order valence-electron chi connectivity index (χ3n) is 2.06. The predicted molar refractivity (Wildman–Crippen MR) is 40.4 cm³/mol. The van der Waals surface area contributed by atoms with Crippen LogP contribution in [0.1, 0.15) is 32.6 Å². The first-order chi connectivity index (χ1) is 5.13. The van der Waals surface area contributed by atoms with Crippen LogP contribution in [0.2, 0.25) is 0 Å². The van der Waals surface area contributed by atoms with E-state index in [1.54, 1.807) is 6.92 Å². The van der Waals surface area contributed by atoms with E-state index in [1.165, 1.54) is 0 Å². The van der Waals surface area contributed by atoms with Crippen LogP contribution in [0.25, 0.3) is 0 Å². The fourth-order valence-electron chi connectivity index (χ4n) is 1.15. The standard InChI is InChI=1S/C9H12F2/c1-8-6-4-2-3-5-7-9(8,10)11/h8H,2-4,6H2,1H3/t8-/m1/s1. The maximum atomic E-state index is 12.9. The highest BCUT2D eigenvalue weighted by atomic mass is 19.3. The molecule has 0 aromatic heterocycles. The second-order valence-corrected chi connectivity index (χ2v) is 3.07. The van der Waals surface area contributed by atoms with Crippen molar-refractivity contribution in [3.63, 3.8) is 0 Å². The highest BCUT2D eigenvalue weighted by Gasteiger charge is 2.33. The SMILES string of the molecule is C[C@@H]1CCCCC#CC1(F)F. The van der Waals surface area contributed by atoms with Crippen LogP contribution < -0.4 is 0 Å². The number of hydrogen-bond donors (Lipinski definition) is 0. The third-order valence-corrected chi connectivity index (χ3v) is 2.06. The zero-order valence-electron chi connectivity index (χ0n) is 6.66. The van der Waals surface area contributed by atoms with Gasteiger partial charge in [0.15, 0.2) is 0 Å². The van der Waals surface area contributed by atoms with Gasteiger partial charge in [0.2, 0.25) is 0 Å². The Bertz CT molecular complexity index is 185. The molecule has 0 amide bonds. The van der Waals surface area contributed by atoms with E-state index in [4.69, 9.17) is 0 Å². The van der Waals surface area contributed by atoms with Crippen molar-refractivity contribution in [2.75, 3.05) is 0 Å². The van der Waals surface area contributed by atoms with Crippen LogP contribution >= 0.6 is 0 Å². The molecule has 0 unspecified atom stereocenters. The molecular formula is C9H12F2. The molecule has 1 aliphatic carbocycles. The summed E-state index contributed by atoms with van der Waals surface area (Å²) in [5.74, 6) is 1.21. The largest absolute Gasteiger partial charge is 0.310 e. The monoisotopic (exact) mass is 158 g/mol. The van der Waals surface area contributed by atoms with Crippen molar-refractivity contribution in [2.45, 2.75) is 38.5 Å². The molecule has 0 radical (unpaired) electrons. The van der Waals surface area contributed by atoms with Crippen molar-refractivity contribution >= 4 is 0 Å². The molecule has 2 heteroatoms. The summed E-state index contributed by atoms with van der Waals surface area (Å²) in [6, 6.07) is 0. The second kappa shape index (κ2) is 3.21. The molecule has 0 N–H and O–H groups in total. The van der Waals surface area contributed by atoms with E-state index in [1.807, 2.05) is 5.92 Å². The highest BCUT2D eigenvalue weighted by molar-refractivity contribution is 5.11. The molecule has 0 fully saturated rings. The Morgan fingerprint density at radius 1 is 1.36 bits per heavy atom. The molecule has 0 heterocycles. The number of alkyl halides is 2. The molecule has 0 aromatic rings. The zero-order chi connectivity index (χ0) is 8.32. The lowest BCUT2D eigenvalue weighted by molar-refractivity contribution is 0.00374. The average Bonchev–Trinajstić information content (AvgIpc) is 1.93. The van der Waals surface area contributed by atoms with Gasteiger partial charge >= 0.3 is 5.92 Å². The van der Waals surface area contributed by atoms with E-state index in [-0.39, 0.29) is 0 Å². The minimum atomic E-state index is -2.75. The van der Waals surface area contributed by atoms with Crippen LogP contribution in [0.3, 0.4) is 0 Å². The minimum Gasteiger partial charge on any atom is -0.192 e. The third kappa shape index (κ3) is 2.18.